The second kappa shape index (κ2) is 8.52. The summed E-state index contributed by atoms with van der Waals surface area (Å²) in [6, 6.07) is 16.0. The first-order valence-electron chi connectivity index (χ1n) is 8.61. The van der Waals surface area contributed by atoms with Crippen LogP contribution in [0.4, 0.5) is 17.1 Å². The maximum absolute atomic E-state index is 12.8. The van der Waals surface area contributed by atoms with Crippen molar-refractivity contribution in [3.05, 3.63) is 93.0 Å². The molecule has 0 radical (unpaired) electrons. The van der Waals surface area contributed by atoms with Crippen LogP contribution in [0.2, 0.25) is 5.02 Å². The monoisotopic (exact) mass is 445 g/mol. The number of rotatable bonds is 6. The summed E-state index contributed by atoms with van der Waals surface area (Å²) in [4.78, 5) is 22.9. The van der Waals surface area contributed by atoms with Gasteiger partial charge in [-0.25, -0.2) is 8.42 Å². The predicted molar refractivity (Wildman–Crippen MR) is 114 cm³/mol. The fraction of sp³-hybridized carbons (Fsp3) is 0.0500. The normalized spacial score (nSPS) is 11.0. The number of hydrogen-bond donors (Lipinski definition) is 2. The Kier molecular flexibility index (Phi) is 6.04. The van der Waals surface area contributed by atoms with Gasteiger partial charge in [-0.3, -0.25) is 19.6 Å². The number of sulfonamides is 1. The third-order valence-corrected chi connectivity index (χ3v) is 5.95. The lowest BCUT2D eigenvalue weighted by molar-refractivity contribution is -0.385. The smallest absolute Gasteiger partial charge is 0.282 e. The molecule has 0 aliphatic heterocycles. The van der Waals surface area contributed by atoms with Gasteiger partial charge in [-0.2, -0.15) is 0 Å². The molecule has 0 unspecified atom stereocenters. The van der Waals surface area contributed by atoms with E-state index in [1.54, 1.807) is 19.1 Å². The number of hydrogen-bond acceptors (Lipinski definition) is 5. The number of benzene rings is 3. The molecular formula is C20H16ClN3O5S. The van der Waals surface area contributed by atoms with Crippen molar-refractivity contribution in [2.45, 2.75) is 11.8 Å². The number of aryl methyl sites for hydroxylation is 1. The van der Waals surface area contributed by atoms with E-state index in [1.807, 2.05) is 0 Å². The van der Waals surface area contributed by atoms with Gasteiger partial charge in [0.15, 0.2) is 0 Å². The summed E-state index contributed by atoms with van der Waals surface area (Å²) in [5.74, 6) is -0.722. The average molecular weight is 446 g/mol. The van der Waals surface area contributed by atoms with Crippen LogP contribution in [0, 0.1) is 17.0 Å². The summed E-state index contributed by atoms with van der Waals surface area (Å²) in [7, 11) is -3.95. The van der Waals surface area contributed by atoms with E-state index in [2.05, 4.69) is 10.0 Å². The molecule has 0 saturated carbocycles. The number of nitrogens with one attached hydrogen (secondary N) is 2. The molecule has 0 aliphatic rings. The quantitative estimate of drug-likeness (QED) is 0.424. The Morgan fingerprint density at radius 1 is 1.00 bits per heavy atom. The molecular weight excluding hydrogens is 430 g/mol. The van der Waals surface area contributed by atoms with E-state index in [1.165, 1.54) is 54.6 Å². The lowest BCUT2D eigenvalue weighted by Gasteiger charge is -2.13. The standard InChI is InChI=1S/C20H16ClN3O5S/c1-13-6-9-16(22-20(25)17-4-2-3-5-18(17)24(26)27)12-19(13)30(28,29)23-15-10-7-14(21)8-11-15/h2-12,23H,1H3,(H,22,25). The van der Waals surface area contributed by atoms with E-state index in [-0.39, 0.29) is 21.8 Å². The van der Waals surface area contributed by atoms with Crippen LogP contribution < -0.4 is 10.0 Å². The van der Waals surface area contributed by atoms with Crippen molar-refractivity contribution in [1.82, 2.24) is 0 Å². The summed E-state index contributed by atoms with van der Waals surface area (Å²) in [5.41, 5.74) is 0.486. The molecule has 3 aromatic carbocycles. The summed E-state index contributed by atoms with van der Waals surface area (Å²) in [5, 5.41) is 14.1. The van der Waals surface area contributed by atoms with E-state index in [4.69, 9.17) is 11.6 Å². The highest BCUT2D eigenvalue weighted by Crippen LogP contribution is 2.25. The molecule has 0 atom stereocenters. The molecule has 154 valence electrons. The molecule has 0 aromatic heterocycles. The zero-order valence-corrected chi connectivity index (χ0v) is 17.2. The fourth-order valence-electron chi connectivity index (χ4n) is 2.72. The summed E-state index contributed by atoms with van der Waals surface area (Å²) < 4.78 is 28.1. The first-order chi connectivity index (χ1) is 14.2. The molecule has 8 nitrogen and oxygen atoms in total. The molecule has 1 amide bonds. The second-order valence-electron chi connectivity index (χ2n) is 6.32. The Morgan fingerprint density at radius 3 is 2.30 bits per heavy atom. The zero-order chi connectivity index (χ0) is 21.9. The average Bonchev–Trinajstić information content (AvgIpc) is 2.70. The van der Waals surface area contributed by atoms with Crippen LogP contribution in [-0.4, -0.2) is 19.2 Å². The summed E-state index contributed by atoms with van der Waals surface area (Å²) in [6.07, 6.45) is 0. The Labute approximate surface area is 177 Å². The number of para-hydroxylation sites is 1. The minimum absolute atomic E-state index is 0.0437. The van der Waals surface area contributed by atoms with Gasteiger partial charge in [-0.15, -0.1) is 0 Å². The van der Waals surface area contributed by atoms with E-state index in [0.29, 0.717) is 16.3 Å². The van der Waals surface area contributed by atoms with Gasteiger partial charge < -0.3 is 5.32 Å². The van der Waals surface area contributed by atoms with E-state index < -0.39 is 20.9 Å². The number of nitrogens with zero attached hydrogens (tertiary/aromatic N) is 1. The number of nitro groups is 1. The maximum atomic E-state index is 12.8. The topological polar surface area (TPSA) is 118 Å². The fourth-order valence-corrected chi connectivity index (χ4v) is 4.18. The summed E-state index contributed by atoms with van der Waals surface area (Å²) >= 11 is 5.82. The van der Waals surface area contributed by atoms with Crippen molar-refractivity contribution in [2.75, 3.05) is 10.0 Å². The Bertz CT molecular complexity index is 1230. The van der Waals surface area contributed by atoms with Crippen LogP contribution in [0.25, 0.3) is 0 Å². The van der Waals surface area contributed by atoms with Crippen molar-refractivity contribution >= 4 is 44.6 Å². The third kappa shape index (κ3) is 4.76. The zero-order valence-electron chi connectivity index (χ0n) is 15.6. The van der Waals surface area contributed by atoms with Crippen molar-refractivity contribution in [2.24, 2.45) is 0 Å². The van der Waals surface area contributed by atoms with E-state index in [9.17, 15) is 23.3 Å². The molecule has 30 heavy (non-hydrogen) atoms. The molecule has 3 aromatic rings. The van der Waals surface area contributed by atoms with Gasteiger partial charge in [0.05, 0.1) is 9.82 Å². The van der Waals surface area contributed by atoms with Gasteiger partial charge in [0.2, 0.25) is 0 Å². The van der Waals surface area contributed by atoms with Gasteiger partial charge in [-0.1, -0.05) is 29.8 Å². The number of halogens is 1. The Morgan fingerprint density at radius 2 is 1.63 bits per heavy atom. The van der Waals surface area contributed by atoms with E-state index >= 15 is 0 Å². The molecule has 0 fully saturated rings. The van der Waals surface area contributed by atoms with Gasteiger partial charge in [-0.05, 0) is 55.0 Å². The van der Waals surface area contributed by atoms with Crippen LogP contribution in [0.15, 0.2) is 71.6 Å². The highest BCUT2D eigenvalue weighted by Gasteiger charge is 2.21. The highest BCUT2D eigenvalue weighted by atomic mass is 35.5. The van der Waals surface area contributed by atoms with Crippen molar-refractivity contribution in [1.29, 1.82) is 0 Å². The van der Waals surface area contributed by atoms with Crippen LogP contribution in [0.3, 0.4) is 0 Å². The first kappa shape index (κ1) is 21.3. The number of carbonyl (C=O) groups excluding carboxylic acids is 1. The lowest BCUT2D eigenvalue weighted by atomic mass is 10.1. The molecule has 0 heterocycles. The lowest BCUT2D eigenvalue weighted by Crippen LogP contribution is -2.17. The molecule has 0 spiro atoms. The van der Waals surface area contributed by atoms with Crippen molar-refractivity contribution in [3.63, 3.8) is 0 Å². The van der Waals surface area contributed by atoms with Gasteiger partial charge >= 0.3 is 0 Å². The number of amides is 1. The molecule has 10 heteroatoms. The maximum Gasteiger partial charge on any atom is 0.282 e. The Hall–Kier alpha value is -3.43. The number of anilines is 2. The Balaban J connectivity index is 1.89. The SMILES string of the molecule is Cc1ccc(NC(=O)c2ccccc2[N+](=O)[O-])cc1S(=O)(=O)Nc1ccc(Cl)cc1. The van der Waals surface area contributed by atoms with Crippen LogP contribution in [-0.2, 0) is 10.0 Å². The predicted octanol–water partition coefficient (Wildman–Crippen LogP) is 4.61. The third-order valence-electron chi connectivity index (χ3n) is 4.18. The number of carbonyl (C=O) groups is 1. The van der Waals surface area contributed by atoms with Gasteiger partial charge in [0, 0.05) is 22.5 Å². The molecule has 3 rings (SSSR count). The van der Waals surface area contributed by atoms with Crippen LogP contribution >= 0.6 is 11.6 Å². The van der Waals surface area contributed by atoms with Crippen LogP contribution in [0.1, 0.15) is 15.9 Å². The van der Waals surface area contributed by atoms with Crippen molar-refractivity contribution in [3.8, 4) is 0 Å². The molecule has 0 saturated heterocycles. The van der Waals surface area contributed by atoms with Gasteiger partial charge in [0.1, 0.15) is 5.56 Å². The summed E-state index contributed by atoms with van der Waals surface area (Å²) in [6.45, 7) is 1.62. The number of nitro benzene ring substituents is 1. The minimum Gasteiger partial charge on any atom is -0.322 e. The van der Waals surface area contributed by atoms with Crippen LogP contribution in [0.5, 0.6) is 0 Å². The largest absolute Gasteiger partial charge is 0.322 e. The molecule has 0 aliphatic carbocycles. The molecule has 0 bridgehead atoms. The van der Waals surface area contributed by atoms with Gasteiger partial charge in [0.25, 0.3) is 21.6 Å². The van der Waals surface area contributed by atoms with E-state index in [0.717, 1.165) is 0 Å². The molecule has 2 N–H and O–H groups in total. The highest BCUT2D eigenvalue weighted by molar-refractivity contribution is 7.92. The second-order valence-corrected chi connectivity index (χ2v) is 8.41. The minimum atomic E-state index is -3.95. The van der Waals surface area contributed by atoms with Crippen molar-refractivity contribution < 1.29 is 18.1 Å². The first-order valence-corrected chi connectivity index (χ1v) is 10.5.